The van der Waals surface area contributed by atoms with Crippen molar-refractivity contribution in [1.29, 1.82) is 0 Å². The summed E-state index contributed by atoms with van der Waals surface area (Å²) in [6, 6.07) is -3.45. The molecule has 0 aromatic carbocycles. The average Bonchev–Trinajstić information content (AvgIpc) is 0.783. The number of carbonyl (C=O) groups is 2. The van der Waals surface area contributed by atoms with Crippen LogP contribution in [-0.4, -0.2) is 428 Å². The SMILES string of the molecule is CC(=O)N[C@H]1[C@H](O[C@@H]([C@H](O)[C@H](CNCCOP(=O)(O)OCC(O)CO)NC(C)=O)[C@H](O)CO)O[C@H](CO)[C@@H](O[C@@H]2O[C@H](CO[C@H]3O[C@H](CO[C@H]4O[C@H](CO)[C@@H](O)[C@H](O)[C@@H]4O)[C@@H](O)[C@H](O[C@H]4O[C@H](CO)[C@@H](O)[C@H](O)[C@@H]4O)[C@@H]3O)[C@@H](O)[C@H](O[C@H]3O[C@H](CO)[C@@H](O)[C@H](O)[C@@H]3O)[C@@H]2O)[C@@H]1O. The van der Waals surface area contributed by atoms with Crippen LogP contribution in [-0.2, 0) is 80.0 Å². The Hall–Kier alpha value is -2.39. The van der Waals surface area contributed by atoms with E-state index in [9.17, 15) is 131 Å². The third kappa shape index (κ3) is 20.7. The predicted octanol–water partition coefficient (Wildman–Crippen LogP) is -17.3. The van der Waals surface area contributed by atoms with Crippen molar-refractivity contribution in [3.63, 3.8) is 0 Å². The largest absolute Gasteiger partial charge is 0.472 e. The zero-order chi connectivity index (χ0) is 71.4. The molecule has 2 amide bonds. The fraction of sp³-hybridized carbons (Fsp3) is 0.961. The van der Waals surface area contributed by atoms with Gasteiger partial charge in [0.1, 0.15) is 171 Å². The minimum Gasteiger partial charge on any atom is -0.394 e. The lowest BCUT2D eigenvalue weighted by molar-refractivity contribution is -0.386. The first kappa shape index (κ1) is 82.6. The minimum atomic E-state index is -4.77. The van der Waals surface area contributed by atoms with Crippen LogP contribution in [0.4, 0.5) is 0 Å². The van der Waals surface area contributed by atoms with Crippen molar-refractivity contribution >= 4 is 19.6 Å². The highest BCUT2D eigenvalue weighted by Gasteiger charge is 2.57. The Balaban J connectivity index is 1.28. The van der Waals surface area contributed by atoms with Crippen LogP contribution in [0.25, 0.3) is 0 Å². The van der Waals surface area contributed by atoms with Gasteiger partial charge in [-0.05, 0) is 0 Å². The monoisotopic (exact) mass is 1430 g/mol. The van der Waals surface area contributed by atoms with Crippen molar-refractivity contribution < 1.29 is 202 Å². The van der Waals surface area contributed by atoms with Crippen molar-refractivity contribution in [2.24, 2.45) is 0 Å². The summed E-state index contributed by atoms with van der Waals surface area (Å²) in [5.74, 6) is -1.74. The molecule has 0 aliphatic carbocycles. The molecular formula is C51H92N3O41P. The molecule has 27 N–H and O–H groups in total. The molecule has 96 heavy (non-hydrogen) atoms. The normalized spacial score (nSPS) is 43.1. The summed E-state index contributed by atoms with van der Waals surface area (Å²) in [6.07, 6.45) is -67.4. The number of hydrogen-bond donors (Lipinski definition) is 27. The Labute approximate surface area is 544 Å². The summed E-state index contributed by atoms with van der Waals surface area (Å²) in [6.45, 7) is -8.32. The first-order valence-electron chi connectivity index (χ1n) is 30.1. The number of phosphoric ester groups is 1. The molecule has 6 saturated heterocycles. The van der Waals surface area contributed by atoms with Crippen molar-refractivity contribution in [2.75, 3.05) is 79.2 Å². The number of ether oxygens (including phenoxy) is 12. The number of amides is 2. The number of hydrogen-bond acceptors (Lipinski definition) is 41. The van der Waals surface area contributed by atoms with Gasteiger partial charge in [-0.15, -0.1) is 0 Å². The van der Waals surface area contributed by atoms with Crippen molar-refractivity contribution in [1.82, 2.24) is 16.0 Å². The van der Waals surface area contributed by atoms with Gasteiger partial charge in [0.25, 0.3) is 0 Å². The third-order valence-corrected chi connectivity index (χ3v) is 17.3. The zero-order valence-electron chi connectivity index (χ0n) is 51.3. The standard InChI is InChI=1S/C51H92N3O41P/c1-15(61)53-18(5-52-3-4-84-96(80,81)85-12-17(63)6-55)27(65)42(19(64)7-56)92-46-26(54-16(2)62)33(71)43(23(11-60)89-46)93-51-41(79)45(95-50-39(77)36(74)30(68)22(10-59)88-50)32(70)25(91-51)14-83-48-40(78)44(94-49-38(76)35(73)29(67)21(9-58)87-49)31(69)24(90-48)13-82-47-37(75)34(72)28(66)20(8-57)86-47/h17-52,55-60,63-79H,3-14H2,1-2H3,(H,53,61)(H,54,62)(H,80,81)/t17?,18-,19+,20+,21+,22+,23+,24+,25+,26+,27+,28+,29+,30+,31+,32+,33+,34-,35-,36-,37-,38-,39-,40-,41-,42+,43+,44-,45-,46-,47-,48-,49+,50+,51-/m0/s1. The van der Waals surface area contributed by atoms with Crippen LogP contribution in [0, 0.1) is 0 Å². The molecule has 0 spiro atoms. The highest BCUT2D eigenvalue weighted by molar-refractivity contribution is 7.47. The maximum absolute atomic E-state index is 12.9. The van der Waals surface area contributed by atoms with Crippen molar-refractivity contribution in [3.05, 3.63) is 0 Å². The Kier molecular flexibility index (Phi) is 32.4. The fourth-order valence-corrected chi connectivity index (χ4v) is 11.7. The highest BCUT2D eigenvalue weighted by Crippen LogP contribution is 2.43. The summed E-state index contributed by atoms with van der Waals surface area (Å²) < 4.78 is 90.6. The molecule has 45 heteroatoms. The van der Waals surface area contributed by atoms with Gasteiger partial charge in [0.15, 0.2) is 37.7 Å². The minimum absolute atomic E-state index is 0.311. The molecule has 44 nitrogen and oxygen atoms in total. The quantitative estimate of drug-likeness (QED) is 0.0210. The fourth-order valence-electron chi connectivity index (χ4n) is 11.0. The van der Waals surface area contributed by atoms with E-state index < -0.39 is 307 Å². The van der Waals surface area contributed by atoms with Gasteiger partial charge < -0.3 is 195 Å². The van der Waals surface area contributed by atoms with Crippen molar-refractivity contribution in [3.8, 4) is 0 Å². The summed E-state index contributed by atoms with van der Waals surface area (Å²) in [7, 11) is -4.77. The van der Waals surface area contributed by atoms with Crippen molar-refractivity contribution in [2.45, 2.75) is 228 Å². The third-order valence-electron chi connectivity index (χ3n) is 16.3. The molecule has 36 atom stereocenters. The number of nitrogens with one attached hydrogen (secondary N) is 3. The predicted molar refractivity (Wildman–Crippen MR) is 298 cm³/mol. The lowest BCUT2D eigenvalue weighted by atomic mass is 9.94. The molecule has 6 heterocycles. The number of phosphoric acid groups is 1. The molecule has 0 aromatic rings. The summed E-state index contributed by atoms with van der Waals surface area (Å²) in [5, 5.41) is 254. The number of aliphatic hydroxyl groups is 23. The van der Waals surface area contributed by atoms with Crippen LogP contribution < -0.4 is 16.0 Å². The van der Waals surface area contributed by atoms with Crippen LogP contribution in [0.5, 0.6) is 0 Å². The van der Waals surface area contributed by atoms with E-state index in [2.05, 4.69) is 20.5 Å². The van der Waals surface area contributed by atoms with E-state index in [0.717, 1.165) is 13.8 Å². The molecule has 562 valence electrons. The van der Waals surface area contributed by atoms with Gasteiger partial charge in [-0.25, -0.2) is 4.57 Å². The van der Waals surface area contributed by atoms with E-state index in [-0.39, 0.29) is 6.54 Å². The Morgan fingerprint density at radius 2 is 0.885 bits per heavy atom. The molecule has 0 radical (unpaired) electrons. The molecule has 2 unspecified atom stereocenters. The molecule has 0 saturated carbocycles. The Bertz CT molecular complexity index is 2370. The Morgan fingerprint density at radius 3 is 1.34 bits per heavy atom. The number of carbonyl (C=O) groups excluding carboxylic acids is 2. The van der Waals surface area contributed by atoms with E-state index in [4.69, 9.17) is 66.5 Å². The van der Waals surface area contributed by atoms with E-state index in [1.165, 1.54) is 0 Å². The van der Waals surface area contributed by atoms with Gasteiger partial charge in [-0.2, -0.15) is 0 Å². The van der Waals surface area contributed by atoms with Gasteiger partial charge >= 0.3 is 7.82 Å². The maximum atomic E-state index is 12.9. The highest BCUT2D eigenvalue weighted by atomic mass is 31.2. The van der Waals surface area contributed by atoms with E-state index in [1.807, 2.05) is 0 Å². The second kappa shape index (κ2) is 37.7. The molecule has 6 rings (SSSR count). The average molecular weight is 1430 g/mol. The zero-order valence-corrected chi connectivity index (χ0v) is 52.2. The second-order valence-electron chi connectivity index (χ2n) is 23.3. The number of rotatable bonds is 34. The second-order valence-corrected chi connectivity index (χ2v) is 24.8. The van der Waals surface area contributed by atoms with E-state index in [0.29, 0.717) is 0 Å². The molecule has 6 fully saturated rings. The number of aliphatic hydroxyl groups excluding tert-OH is 23. The van der Waals surface area contributed by atoms with Crippen LogP contribution in [0.2, 0.25) is 0 Å². The summed E-state index contributed by atoms with van der Waals surface area (Å²) >= 11 is 0. The molecule has 6 aliphatic heterocycles. The lowest BCUT2D eigenvalue weighted by Crippen LogP contribution is -2.69. The van der Waals surface area contributed by atoms with Crippen LogP contribution >= 0.6 is 7.82 Å². The first-order chi connectivity index (χ1) is 45.3. The molecule has 0 aromatic heterocycles. The summed E-state index contributed by atoms with van der Waals surface area (Å²) in [5.41, 5.74) is 0. The lowest BCUT2D eigenvalue weighted by Gasteiger charge is -2.49. The molecular weight excluding hydrogens is 1340 g/mol. The van der Waals surface area contributed by atoms with E-state index in [1.54, 1.807) is 0 Å². The van der Waals surface area contributed by atoms with Gasteiger partial charge in [0, 0.05) is 26.9 Å². The van der Waals surface area contributed by atoms with Gasteiger partial charge in [-0.3, -0.25) is 18.6 Å². The maximum Gasteiger partial charge on any atom is 0.472 e. The summed E-state index contributed by atoms with van der Waals surface area (Å²) in [4.78, 5) is 35.1. The first-order valence-corrected chi connectivity index (χ1v) is 31.6. The molecule has 0 bridgehead atoms. The van der Waals surface area contributed by atoms with Gasteiger partial charge in [-0.1, -0.05) is 0 Å². The topological polar surface area (TPSA) is 702 Å². The van der Waals surface area contributed by atoms with Crippen LogP contribution in [0.3, 0.4) is 0 Å². The molecule has 6 aliphatic rings. The smallest absolute Gasteiger partial charge is 0.394 e. The Morgan fingerprint density at radius 1 is 0.469 bits per heavy atom. The van der Waals surface area contributed by atoms with Crippen LogP contribution in [0.1, 0.15) is 13.8 Å². The van der Waals surface area contributed by atoms with Crippen LogP contribution in [0.15, 0.2) is 0 Å². The van der Waals surface area contributed by atoms with Gasteiger partial charge in [0.2, 0.25) is 11.8 Å². The van der Waals surface area contributed by atoms with Gasteiger partial charge in [0.05, 0.1) is 72.1 Å². The van der Waals surface area contributed by atoms with E-state index >= 15 is 0 Å².